The fourth-order valence-corrected chi connectivity index (χ4v) is 5.07. The van der Waals surface area contributed by atoms with Gasteiger partial charge in [-0.2, -0.15) is 0 Å². The number of rotatable bonds is 7. The lowest BCUT2D eigenvalue weighted by molar-refractivity contribution is -0.0737. The molecule has 2 aliphatic rings. The quantitative estimate of drug-likeness (QED) is 0.440. The summed E-state index contributed by atoms with van der Waals surface area (Å²) >= 11 is 0. The van der Waals surface area contributed by atoms with Crippen molar-refractivity contribution in [3.8, 4) is 17.0 Å². The van der Waals surface area contributed by atoms with Crippen LogP contribution in [0.25, 0.3) is 16.8 Å². The lowest BCUT2D eigenvalue weighted by atomic mass is 9.79. The highest BCUT2D eigenvalue weighted by Crippen LogP contribution is 2.38. The van der Waals surface area contributed by atoms with Crippen LogP contribution in [0.2, 0.25) is 0 Å². The second-order valence-corrected chi connectivity index (χ2v) is 9.62. The number of β-amino-alcohol motifs (C(OH)–C–C–N with tert-alkyl or cyclic N) is 1. The molecule has 0 unspecified atom stereocenters. The Bertz CT molecular complexity index is 1310. The van der Waals surface area contributed by atoms with Gasteiger partial charge in [0, 0.05) is 43.5 Å². The van der Waals surface area contributed by atoms with Gasteiger partial charge < -0.3 is 15.6 Å². The smallest absolute Gasteiger partial charge is 0.150 e. The van der Waals surface area contributed by atoms with Gasteiger partial charge in [-0.15, -0.1) is 0 Å². The van der Waals surface area contributed by atoms with Crippen molar-refractivity contribution in [2.45, 2.75) is 37.4 Å². The minimum Gasteiger partial charge on any atom is -0.489 e. The van der Waals surface area contributed by atoms with Crippen molar-refractivity contribution in [1.29, 1.82) is 0 Å². The molecule has 6 rings (SSSR count). The zero-order valence-corrected chi connectivity index (χ0v) is 19.1. The third-order valence-corrected chi connectivity index (χ3v) is 7.09. The summed E-state index contributed by atoms with van der Waals surface area (Å²) in [7, 11) is 0. The lowest BCUT2D eigenvalue weighted by Gasteiger charge is -2.46. The van der Waals surface area contributed by atoms with E-state index in [0.717, 1.165) is 72.8 Å². The maximum atomic E-state index is 10.5. The minimum atomic E-state index is -0.487. The Kier molecular flexibility index (Phi) is 5.23. The van der Waals surface area contributed by atoms with Crippen LogP contribution in [0.5, 0.6) is 5.75 Å². The molecule has 7 heteroatoms. The van der Waals surface area contributed by atoms with Crippen LogP contribution in [0.1, 0.15) is 36.6 Å². The van der Waals surface area contributed by atoms with Crippen molar-refractivity contribution >= 4 is 11.3 Å². The molecule has 1 saturated heterocycles. The van der Waals surface area contributed by atoms with E-state index in [1.165, 1.54) is 0 Å². The number of benzene rings is 2. The van der Waals surface area contributed by atoms with Gasteiger partial charge in [0.2, 0.25) is 0 Å². The Morgan fingerprint density at radius 3 is 2.68 bits per heavy atom. The molecule has 3 N–H and O–H groups in total. The molecule has 2 aromatic carbocycles. The van der Waals surface area contributed by atoms with E-state index in [-0.39, 0.29) is 0 Å². The second-order valence-electron chi connectivity index (χ2n) is 9.62. The molecule has 0 atom stereocenters. The number of ether oxygens (including phenoxy) is 1. The minimum absolute atomic E-state index is 0.296. The number of hydrogen-bond acceptors (Lipinski definition) is 6. The Balaban J connectivity index is 1.26. The Hall–Kier alpha value is -3.42. The summed E-state index contributed by atoms with van der Waals surface area (Å²) < 4.78 is 8.13. The number of nitrogen functional groups attached to an aromatic ring is 1. The second kappa shape index (κ2) is 8.42. The molecule has 2 aromatic heterocycles. The van der Waals surface area contributed by atoms with Crippen LogP contribution in [-0.4, -0.2) is 49.6 Å². The van der Waals surface area contributed by atoms with Gasteiger partial charge in [0.15, 0.2) is 0 Å². The van der Waals surface area contributed by atoms with Crippen LogP contribution >= 0.6 is 0 Å². The average molecular weight is 456 g/mol. The predicted octanol–water partition coefficient (Wildman–Crippen LogP) is 3.87. The van der Waals surface area contributed by atoms with E-state index in [4.69, 9.17) is 15.5 Å². The first-order valence-corrected chi connectivity index (χ1v) is 11.9. The molecular weight excluding hydrogens is 426 g/mol. The van der Waals surface area contributed by atoms with Gasteiger partial charge in [0.25, 0.3) is 0 Å². The lowest BCUT2D eigenvalue weighted by Crippen LogP contribution is -2.55. The summed E-state index contributed by atoms with van der Waals surface area (Å²) in [6, 6.07) is 18.1. The molecule has 0 bridgehead atoms. The first-order chi connectivity index (χ1) is 16.6. The maximum Gasteiger partial charge on any atom is 0.150 e. The summed E-state index contributed by atoms with van der Waals surface area (Å²) in [6.07, 6.45) is 6.62. The SMILES string of the molecule is Nc1nccn2c(C3CN(CC4(O)CCC4)C3)nc(-c3cccc(OCc4ccccc4)c3)c12. The molecule has 0 spiro atoms. The standard InChI is InChI=1S/C27H29N5O2/c28-25-24-23(20-8-4-9-22(14-20)34-17-19-6-2-1-3-7-19)30-26(32(24)13-12-29-25)21-15-31(16-21)18-27(33)10-5-11-27/h1-4,6-9,12-14,21,33H,5,10-11,15-18H2,(H2,28,29). The number of aliphatic hydroxyl groups is 1. The molecule has 2 fully saturated rings. The molecular formula is C27H29N5O2. The van der Waals surface area contributed by atoms with Crippen LogP contribution in [-0.2, 0) is 6.61 Å². The van der Waals surface area contributed by atoms with Gasteiger partial charge in [0.05, 0.1) is 5.60 Å². The molecule has 7 nitrogen and oxygen atoms in total. The van der Waals surface area contributed by atoms with Crippen LogP contribution in [0, 0.1) is 0 Å². The molecule has 0 radical (unpaired) electrons. The van der Waals surface area contributed by atoms with Gasteiger partial charge in [-0.25, -0.2) is 9.97 Å². The number of likely N-dealkylation sites (tertiary alicyclic amines) is 1. The first-order valence-electron chi connectivity index (χ1n) is 11.9. The number of fused-ring (bicyclic) bond motifs is 1. The van der Waals surface area contributed by atoms with Gasteiger partial charge in [-0.05, 0) is 37.0 Å². The number of nitrogens with two attached hydrogens (primary N) is 1. The number of imidazole rings is 1. The number of anilines is 1. The van der Waals surface area contributed by atoms with E-state index in [1.54, 1.807) is 6.20 Å². The van der Waals surface area contributed by atoms with Gasteiger partial charge in [0.1, 0.15) is 35.2 Å². The molecule has 34 heavy (non-hydrogen) atoms. The van der Waals surface area contributed by atoms with Crippen LogP contribution in [0.15, 0.2) is 67.0 Å². The van der Waals surface area contributed by atoms with Crippen molar-refractivity contribution in [3.63, 3.8) is 0 Å². The summed E-state index contributed by atoms with van der Waals surface area (Å²) in [4.78, 5) is 11.7. The third-order valence-electron chi connectivity index (χ3n) is 7.09. The third kappa shape index (κ3) is 3.91. The zero-order valence-electron chi connectivity index (χ0n) is 19.1. The van der Waals surface area contributed by atoms with Crippen LogP contribution in [0.4, 0.5) is 5.82 Å². The van der Waals surface area contributed by atoms with Crippen molar-refractivity contribution in [3.05, 3.63) is 78.4 Å². The van der Waals surface area contributed by atoms with Gasteiger partial charge >= 0.3 is 0 Å². The molecule has 1 saturated carbocycles. The van der Waals surface area contributed by atoms with Gasteiger partial charge in [-0.1, -0.05) is 42.5 Å². The maximum absolute atomic E-state index is 10.5. The molecule has 1 aliphatic heterocycles. The van der Waals surface area contributed by atoms with E-state index in [2.05, 4.69) is 26.4 Å². The van der Waals surface area contributed by atoms with Crippen LogP contribution in [0.3, 0.4) is 0 Å². The Labute approximate surface area is 198 Å². The summed E-state index contributed by atoms with van der Waals surface area (Å²) in [5, 5.41) is 10.5. The topological polar surface area (TPSA) is 88.9 Å². The summed E-state index contributed by atoms with van der Waals surface area (Å²) in [5.41, 5.74) is 9.57. The average Bonchev–Trinajstić information content (AvgIpc) is 3.20. The van der Waals surface area contributed by atoms with Crippen molar-refractivity contribution in [2.75, 3.05) is 25.4 Å². The highest BCUT2D eigenvalue weighted by atomic mass is 16.5. The fourth-order valence-electron chi connectivity index (χ4n) is 5.07. The predicted molar refractivity (Wildman–Crippen MR) is 132 cm³/mol. The van der Waals surface area contributed by atoms with Crippen LogP contribution < -0.4 is 10.5 Å². The van der Waals surface area contributed by atoms with E-state index in [1.807, 2.05) is 48.7 Å². The van der Waals surface area contributed by atoms with E-state index >= 15 is 0 Å². The number of nitrogens with zero attached hydrogens (tertiary/aromatic N) is 4. The van der Waals surface area contributed by atoms with E-state index < -0.39 is 5.60 Å². The molecule has 174 valence electrons. The Morgan fingerprint density at radius 2 is 1.91 bits per heavy atom. The largest absolute Gasteiger partial charge is 0.489 e. The van der Waals surface area contributed by atoms with E-state index in [0.29, 0.717) is 18.3 Å². The summed E-state index contributed by atoms with van der Waals surface area (Å²) in [5.74, 6) is 2.54. The fraction of sp³-hybridized carbons (Fsp3) is 0.333. The molecule has 1 aliphatic carbocycles. The van der Waals surface area contributed by atoms with Gasteiger partial charge in [-0.3, -0.25) is 9.30 Å². The Morgan fingerprint density at radius 1 is 1.09 bits per heavy atom. The van der Waals surface area contributed by atoms with Crippen molar-refractivity contribution < 1.29 is 9.84 Å². The monoisotopic (exact) mass is 455 g/mol. The summed E-state index contributed by atoms with van der Waals surface area (Å²) in [6.45, 7) is 3.05. The first kappa shape index (κ1) is 21.1. The molecule has 4 aromatic rings. The van der Waals surface area contributed by atoms with E-state index in [9.17, 15) is 5.11 Å². The number of hydrogen-bond donors (Lipinski definition) is 2. The molecule has 3 heterocycles. The van der Waals surface area contributed by atoms with Crippen molar-refractivity contribution in [1.82, 2.24) is 19.3 Å². The van der Waals surface area contributed by atoms with Crippen molar-refractivity contribution in [2.24, 2.45) is 0 Å². The highest BCUT2D eigenvalue weighted by molar-refractivity contribution is 5.85. The molecule has 0 amide bonds. The highest BCUT2D eigenvalue weighted by Gasteiger charge is 2.41. The number of aromatic nitrogens is 3. The normalized spacial score (nSPS) is 17.9. The zero-order chi connectivity index (χ0) is 23.1.